The zero-order chi connectivity index (χ0) is 10.9. The van der Waals surface area contributed by atoms with Crippen LogP contribution in [0.25, 0.3) is 0 Å². The van der Waals surface area contributed by atoms with Gasteiger partial charge in [0.05, 0.1) is 5.41 Å². The lowest BCUT2D eigenvalue weighted by Crippen LogP contribution is -2.48. The number of benzene rings is 1. The van der Waals surface area contributed by atoms with Crippen molar-refractivity contribution in [2.24, 2.45) is 0 Å². The Morgan fingerprint density at radius 3 is 2.67 bits per heavy atom. The summed E-state index contributed by atoms with van der Waals surface area (Å²) in [6.07, 6.45) is 2.66. The molecule has 0 saturated heterocycles. The number of hydrogen-bond acceptors (Lipinski definition) is 1. The van der Waals surface area contributed by atoms with E-state index in [0.29, 0.717) is 0 Å². The van der Waals surface area contributed by atoms with Crippen molar-refractivity contribution in [3.05, 3.63) is 35.6 Å². The van der Waals surface area contributed by atoms with E-state index in [1.807, 2.05) is 6.07 Å². The molecular weight excluding hydrogens is 193 g/mol. The SMILES string of the molecule is CNC(=O)C1(c2cccc(F)c2)CCC1. The van der Waals surface area contributed by atoms with Crippen molar-refractivity contribution in [1.82, 2.24) is 5.32 Å². The molecule has 0 radical (unpaired) electrons. The van der Waals surface area contributed by atoms with Gasteiger partial charge in [-0.3, -0.25) is 4.79 Å². The Kier molecular flexibility index (Phi) is 2.47. The fourth-order valence-electron chi connectivity index (χ4n) is 2.20. The summed E-state index contributed by atoms with van der Waals surface area (Å²) in [6, 6.07) is 6.36. The summed E-state index contributed by atoms with van der Waals surface area (Å²) in [6.45, 7) is 0. The largest absolute Gasteiger partial charge is 0.358 e. The van der Waals surface area contributed by atoms with E-state index in [-0.39, 0.29) is 11.7 Å². The molecule has 0 bridgehead atoms. The molecule has 0 spiro atoms. The fraction of sp³-hybridized carbons (Fsp3) is 0.417. The van der Waals surface area contributed by atoms with Gasteiger partial charge in [0.2, 0.25) is 5.91 Å². The van der Waals surface area contributed by atoms with Gasteiger partial charge in [0, 0.05) is 7.05 Å². The molecule has 0 atom stereocenters. The Morgan fingerprint density at radius 1 is 1.47 bits per heavy atom. The summed E-state index contributed by atoms with van der Waals surface area (Å²) in [4.78, 5) is 11.8. The maximum Gasteiger partial charge on any atom is 0.230 e. The summed E-state index contributed by atoms with van der Waals surface area (Å²) in [5.41, 5.74) is 0.324. The number of halogens is 1. The number of rotatable bonds is 2. The third kappa shape index (κ3) is 1.52. The first kappa shape index (κ1) is 10.1. The van der Waals surface area contributed by atoms with Crippen LogP contribution in [0.1, 0.15) is 24.8 Å². The van der Waals surface area contributed by atoms with E-state index in [1.54, 1.807) is 13.1 Å². The van der Waals surface area contributed by atoms with Crippen molar-refractivity contribution in [1.29, 1.82) is 0 Å². The minimum Gasteiger partial charge on any atom is -0.358 e. The van der Waals surface area contributed by atoms with Gasteiger partial charge in [-0.15, -0.1) is 0 Å². The van der Waals surface area contributed by atoms with Crippen LogP contribution in [-0.4, -0.2) is 13.0 Å². The second-order valence-electron chi connectivity index (χ2n) is 4.03. The zero-order valence-corrected chi connectivity index (χ0v) is 8.72. The van der Waals surface area contributed by atoms with Crippen LogP contribution in [0.5, 0.6) is 0 Å². The molecule has 1 aromatic carbocycles. The predicted octanol–water partition coefficient (Wildman–Crippen LogP) is 1.99. The molecule has 0 heterocycles. The van der Waals surface area contributed by atoms with Crippen LogP contribution < -0.4 is 5.32 Å². The normalized spacial score (nSPS) is 18.0. The standard InChI is InChI=1S/C12H14FNO/c1-14-11(15)12(6-3-7-12)9-4-2-5-10(13)8-9/h2,4-5,8H,3,6-7H2,1H3,(H,14,15). The predicted molar refractivity (Wildman–Crippen MR) is 56.0 cm³/mol. The molecule has 3 heteroatoms. The molecule has 1 aliphatic rings. The number of carbonyl (C=O) groups excluding carboxylic acids is 1. The Bertz CT molecular complexity index is 385. The van der Waals surface area contributed by atoms with Crippen LogP contribution in [0.2, 0.25) is 0 Å². The first-order chi connectivity index (χ1) is 7.19. The maximum atomic E-state index is 13.1. The molecular formula is C12H14FNO. The molecule has 2 nitrogen and oxygen atoms in total. The van der Waals surface area contributed by atoms with Gasteiger partial charge in [-0.2, -0.15) is 0 Å². The monoisotopic (exact) mass is 207 g/mol. The number of likely N-dealkylation sites (N-methyl/N-ethyl adjacent to an activating group) is 1. The van der Waals surface area contributed by atoms with E-state index in [4.69, 9.17) is 0 Å². The summed E-state index contributed by atoms with van der Waals surface area (Å²) in [7, 11) is 1.63. The van der Waals surface area contributed by atoms with Crippen LogP contribution in [0.3, 0.4) is 0 Å². The van der Waals surface area contributed by atoms with Crippen molar-refractivity contribution < 1.29 is 9.18 Å². The highest BCUT2D eigenvalue weighted by Gasteiger charge is 2.45. The molecule has 1 aromatic rings. The molecule has 0 unspecified atom stereocenters. The van der Waals surface area contributed by atoms with E-state index in [0.717, 1.165) is 24.8 Å². The summed E-state index contributed by atoms with van der Waals surface area (Å²) in [5, 5.41) is 2.66. The fourth-order valence-corrected chi connectivity index (χ4v) is 2.20. The maximum absolute atomic E-state index is 13.1. The third-order valence-electron chi connectivity index (χ3n) is 3.25. The molecule has 1 N–H and O–H groups in total. The van der Waals surface area contributed by atoms with Crippen LogP contribution in [0.15, 0.2) is 24.3 Å². The topological polar surface area (TPSA) is 29.1 Å². The number of nitrogens with one attached hydrogen (secondary N) is 1. The van der Waals surface area contributed by atoms with Crippen LogP contribution in [0.4, 0.5) is 4.39 Å². The first-order valence-electron chi connectivity index (χ1n) is 5.17. The summed E-state index contributed by atoms with van der Waals surface area (Å²) < 4.78 is 13.1. The Balaban J connectivity index is 2.38. The molecule has 1 aliphatic carbocycles. The van der Waals surface area contributed by atoms with Gasteiger partial charge in [0.25, 0.3) is 0 Å². The highest BCUT2D eigenvalue weighted by Crippen LogP contribution is 2.43. The van der Waals surface area contributed by atoms with Crippen LogP contribution in [-0.2, 0) is 10.2 Å². The zero-order valence-electron chi connectivity index (χ0n) is 8.72. The molecule has 0 aromatic heterocycles. The minimum absolute atomic E-state index is 0.000602. The van der Waals surface area contributed by atoms with Gasteiger partial charge in [-0.1, -0.05) is 18.6 Å². The number of carbonyl (C=O) groups is 1. The lowest BCUT2D eigenvalue weighted by molar-refractivity contribution is -0.129. The Hall–Kier alpha value is -1.38. The van der Waals surface area contributed by atoms with Gasteiger partial charge < -0.3 is 5.32 Å². The smallest absolute Gasteiger partial charge is 0.230 e. The van der Waals surface area contributed by atoms with Gasteiger partial charge in [0.15, 0.2) is 0 Å². The molecule has 1 saturated carbocycles. The highest BCUT2D eigenvalue weighted by atomic mass is 19.1. The molecule has 1 fully saturated rings. The van der Waals surface area contributed by atoms with Crippen molar-refractivity contribution in [2.45, 2.75) is 24.7 Å². The first-order valence-corrected chi connectivity index (χ1v) is 5.17. The van der Waals surface area contributed by atoms with Crippen molar-refractivity contribution in [3.63, 3.8) is 0 Å². The van der Waals surface area contributed by atoms with Gasteiger partial charge in [-0.05, 0) is 30.5 Å². The minimum atomic E-state index is -0.475. The second kappa shape index (κ2) is 3.65. The Labute approximate surface area is 88.5 Å². The molecule has 80 valence electrons. The average Bonchev–Trinajstić information content (AvgIpc) is 2.16. The second-order valence-corrected chi connectivity index (χ2v) is 4.03. The summed E-state index contributed by atoms with van der Waals surface area (Å²) >= 11 is 0. The average molecular weight is 207 g/mol. The molecule has 15 heavy (non-hydrogen) atoms. The van der Waals surface area contributed by atoms with E-state index in [9.17, 15) is 9.18 Å². The molecule has 2 rings (SSSR count). The number of hydrogen-bond donors (Lipinski definition) is 1. The van der Waals surface area contributed by atoms with Crippen molar-refractivity contribution in [2.75, 3.05) is 7.05 Å². The van der Waals surface area contributed by atoms with Gasteiger partial charge >= 0.3 is 0 Å². The van der Waals surface area contributed by atoms with Crippen LogP contribution in [0, 0.1) is 5.82 Å². The van der Waals surface area contributed by atoms with Crippen LogP contribution >= 0.6 is 0 Å². The molecule has 0 aliphatic heterocycles. The highest BCUT2D eigenvalue weighted by molar-refractivity contribution is 5.89. The van der Waals surface area contributed by atoms with E-state index in [2.05, 4.69) is 5.32 Å². The van der Waals surface area contributed by atoms with E-state index in [1.165, 1.54) is 12.1 Å². The molecule has 1 amide bonds. The third-order valence-corrected chi connectivity index (χ3v) is 3.25. The summed E-state index contributed by atoms with van der Waals surface area (Å²) in [5.74, 6) is -0.276. The quantitative estimate of drug-likeness (QED) is 0.789. The lowest BCUT2D eigenvalue weighted by atomic mass is 9.64. The van der Waals surface area contributed by atoms with Crippen molar-refractivity contribution >= 4 is 5.91 Å². The van der Waals surface area contributed by atoms with Crippen molar-refractivity contribution in [3.8, 4) is 0 Å². The van der Waals surface area contributed by atoms with Gasteiger partial charge in [-0.25, -0.2) is 4.39 Å². The Morgan fingerprint density at radius 2 is 2.20 bits per heavy atom. The van der Waals surface area contributed by atoms with E-state index >= 15 is 0 Å². The van der Waals surface area contributed by atoms with E-state index < -0.39 is 5.41 Å². The van der Waals surface area contributed by atoms with Gasteiger partial charge in [0.1, 0.15) is 5.82 Å². The number of amides is 1. The lowest BCUT2D eigenvalue weighted by Gasteiger charge is -2.40.